The number of methoxy groups -OCH3 is 2. The average Bonchev–Trinajstić information content (AvgIpc) is 2.78. The Balaban J connectivity index is 2.33. The number of ether oxygens (including phenoxy) is 2. The van der Waals surface area contributed by atoms with Crippen LogP contribution in [0.5, 0.6) is 0 Å². The molecular formula is C14H18N2O3. The van der Waals surface area contributed by atoms with Gasteiger partial charge in [-0.3, -0.25) is 9.48 Å². The van der Waals surface area contributed by atoms with Crippen molar-refractivity contribution in [2.75, 3.05) is 14.2 Å². The molecule has 0 radical (unpaired) electrons. The molecular weight excluding hydrogens is 244 g/mol. The van der Waals surface area contributed by atoms with Crippen LogP contribution in [0.3, 0.4) is 0 Å². The van der Waals surface area contributed by atoms with Crippen LogP contribution in [0.1, 0.15) is 12.6 Å². The summed E-state index contributed by atoms with van der Waals surface area (Å²) in [7, 11) is 2.91. The molecule has 0 aliphatic rings. The summed E-state index contributed by atoms with van der Waals surface area (Å²) in [6.07, 6.45) is -0.620. The molecule has 0 aliphatic heterocycles. The normalized spacial score (nSPS) is 11.4. The van der Waals surface area contributed by atoms with E-state index in [2.05, 4.69) is 5.10 Å². The summed E-state index contributed by atoms with van der Waals surface area (Å²) < 4.78 is 11.8. The lowest BCUT2D eigenvalue weighted by atomic mass is 10.1. The summed E-state index contributed by atoms with van der Waals surface area (Å²) in [5.74, 6) is -0.128. The second kappa shape index (κ2) is 5.95. The third-order valence-electron chi connectivity index (χ3n) is 3.07. The standard InChI is InChI=1S/C14H18N2O3/c1-4-16-12-8-6-5-7-10(12)11(15-16)9-13(17)14(18-2)19-3/h5-8,14H,4,9H2,1-3H3. The van der Waals surface area contributed by atoms with Gasteiger partial charge in [-0.05, 0) is 13.0 Å². The van der Waals surface area contributed by atoms with Crippen LogP contribution in [0.4, 0.5) is 0 Å². The van der Waals surface area contributed by atoms with E-state index in [1.165, 1.54) is 14.2 Å². The van der Waals surface area contributed by atoms with E-state index in [4.69, 9.17) is 9.47 Å². The number of para-hydroxylation sites is 1. The fraction of sp³-hybridized carbons (Fsp3) is 0.429. The van der Waals surface area contributed by atoms with E-state index in [1.54, 1.807) is 0 Å². The van der Waals surface area contributed by atoms with Gasteiger partial charge in [0.25, 0.3) is 0 Å². The Kier molecular flexibility index (Phi) is 4.29. The Morgan fingerprint density at radius 1 is 1.32 bits per heavy atom. The third kappa shape index (κ3) is 2.67. The zero-order valence-electron chi connectivity index (χ0n) is 11.4. The number of Topliss-reactive ketones (excluding diaryl/α,β-unsaturated/α-hetero) is 1. The molecule has 0 saturated heterocycles. The number of fused-ring (bicyclic) bond motifs is 1. The van der Waals surface area contributed by atoms with Crippen molar-refractivity contribution in [3.63, 3.8) is 0 Å². The predicted molar refractivity (Wildman–Crippen MR) is 71.9 cm³/mol. The third-order valence-corrected chi connectivity index (χ3v) is 3.07. The number of carbonyl (C=O) groups is 1. The minimum atomic E-state index is -0.828. The molecule has 1 aromatic carbocycles. The lowest BCUT2D eigenvalue weighted by molar-refractivity contribution is -0.155. The quantitative estimate of drug-likeness (QED) is 0.745. The zero-order valence-corrected chi connectivity index (χ0v) is 11.4. The first-order valence-corrected chi connectivity index (χ1v) is 6.24. The van der Waals surface area contributed by atoms with Gasteiger partial charge in [0.1, 0.15) is 0 Å². The molecule has 0 spiro atoms. The van der Waals surface area contributed by atoms with Crippen LogP contribution in [0.15, 0.2) is 24.3 Å². The second-order valence-electron chi connectivity index (χ2n) is 4.23. The summed E-state index contributed by atoms with van der Waals surface area (Å²) in [4.78, 5) is 12.0. The Hall–Kier alpha value is -1.72. The predicted octanol–water partition coefficient (Wildman–Crippen LogP) is 1.79. The Bertz CT molecular complexity index is 573. The molecule has 102 valence electrons. The molecule has 0 unspecified atom stereocenters. The fourth-order valence-corrected chi connectivity index (χ4v) is 2.18. The minimum absolute atomic E-state index is 0.128. The van der Waals surface area contributed by atoms with Crippen LogP contribution in [0, 0.1) is 0 Å². The maximum atomic E-state index is 12.0. The van der Waals surface area contributed by atoms with Crippen LogP contribution < -0.4 is 0 Å². The van der Waals surface area contributed by atoms with Crippen LogP contribution in [0.25, 0.3) is 10.9 Å². The van der Waals surface area contributed by atoms with E-state index in [0.29, 0.717) is 0 Å². The SMILES string of the molecule is CCn1nc(CC(=O)C(OC)OC)c2ccccc21. The lowest BCUT2D eigenvalue weighted by Gasteiger charge is -2.10. The highest BCUT2D eigenvalue weighted by Crippen LogP contribution is 2.19. The van der Waals surface area contributed by atoms with Crippen molar-refractivity contribution in [2.24, 2.45) is 0 Å². The Labute approximate surface area is 112 Å². The Morgan fingerprint density at radius 3 is 2.63 bits per heavy atom. The highest BCUT2D eigenvalue weighted by molar-refractivity contribution is 5.90. The van der Waals surface area contributed by atoms with Crippen molar-refractivity contribution in [3.8, 4) is 0 Å². The largest absolute Gasteiger partial charge is 0.349 e. The zero-order chi connectivity index (χ0) is 13.8. The van der Waals surface area contributed by atoms with E-state index >= 15 is 0 Å². The highest BCUT2D eigenvalue weighted by atomic mass is 16.7. The molecule has 0 aliphatic carbocycles. The molecule has 1 aromatic heterocycles. The first kappa shape index (κ1) is 13.7. The number of hydrogen-bond donors (Lipinski definition) is 0. The van der Waals surface area contributed by atoms with Gasteiger partial charge in [-0.15, -0.1) is 0 Å². The molecule has 0 bridgehead atoms. The topological polar surface area (TPSA) is 53.4 Å². The van der Waals surface area contributed by atoms with E-state index < -0.39 is 6.29 Å². The molecule has 1 heterocycles. The molecule has 0 saturated carbocycles. The van der Waals surface area contributed by atoms with Gasteiger partial charge in [0, 0.05) is 26.2 Å². The van der Waals surface area contributed by atoms with E-state index in [-0.39, 0.29) is 12.2 Å². The molecule has 2 rings (SSSR count). The van der Waals surface area contributed by atoms with E-state index in [1.807, 2.05) is 35.9 Å². The molecule has 0 amide bonds. The van der Waals surface area contributed by atoms with Crippen LogP contribution >= 0.6 is 0 Å². The number of hydrogen-bond acceptors (Lipinski definition) is 4. The number of carbonyl (C=O) groups excluding carboxylic acids is 1. The number of ketones is 1. The van der Waals surface area contributed by atoms with Gasteiger partial charge in [-0.1, -0.05) is 18.2 Å². The van der Waals surface area contributed by atoms with Gasteiger partial charge in [0.2, 0.25) is 6.29 Å². The molecule has 2 aromatic rings. The van der Waals surface area contributed by atoms with Crippen LogP contribution in [0.2, 0.25) is 0 Å². The van der Waals surface area contributed by atoms with Crippen molar-refractivity contribution in [1.82, 2.24) is 9.78 Å². The van der Waals surface area contributed by atoms with E-state index in [9.17, 15) is 4.79 Å². The molecule has 19 heavy (non-hydrogen) atoms. The van der Waals surface area contributed by atoms with Crippen molar-refractivity contribution in [2.45, 2.75) is 26.2 Å². The van der Waals surface area contributed by atoms with Crippen LogP contribution in [-0.4, -0.2) is 36.1 Å². The van der Waals surface area contributed by atoms with E-state index in [0.717, 1.165) is 23.1 Å². The number of benzene rings is 1. The number of aromatic nitrogens is 2. The second-order valence-corrected chi connectivity index (χ2v) is 4.23. The number of rotatable bonds is 6. The van der Waals surface area contributed by atoms with Crippen molar-refractivity contribution in [3.05, 3.63) is 30.0 Å². The first-order valence-electron chi connectivity index (χ1n) is 6.24. The minimum Gasteiger partial charge on any atom is -0.349 e. The molecule has 0 N–H and O–H groups in total. The molecule has 0 fully saturated rings. The van der Waals surface area contributed by atoms with Crippen molar-refractivity contribution in [1.29, 1.82) is 0 Å². The van der Waals surface area contributed by atoms with Gasteiger partial charge >= 0.3 is 0 Å². The smallest absolute Gasteiger partial charge is 0.217 e. The Morgan fingerprint density at radius 2 is 2.00 bits per heavy atom. The summed E-state index contributed by atoms with van der Waals surface area (Å²) in [5, 5.41) is 5.49. The van der Waals surface area contributed by atoms with Gasteiger partial charge in [0.15, 0.2) is 5.78 Å². The fourth-order valence-electron chi connectivity index (χ4n) is 2.18. The van der Waals surface area contributed by atoms with Crippen molar-refractivity contribution < 1.29 is 14.3 Å². The first-order chi connectivity index (χ1) is 9.21. The van der Waals surface area contributed by atoms with Gasteiger partial charge in [-0.2, -0.15) is 5.10 Å². The summed E-state index contributed by atoms with van der Waals surface area (Å²) >= 11 is 0. The summed E-state index contributed by atoms with van der Waals surface area (Å²) in [5.41, 5.74) is 1.81. The average molecular weight is 262 g/mol. The van der Waals surface area contributed by atoms with Gasteiger partial charge in [-0.25, -0.2) is 0 Å². The summed E-state index contributed by atoms with van der Waals surface area (Å²) in [6.45, 7) is 2.80. The lowest BCUT2D eigenvalue weighted by Crippen LogP contribution is -2.26. The van der Waals surface area contributed by atoms with Gasteiger partial charge < -0.3 is 9.47 Å². The monoisotopic (exact) mass is 262 g/mol. The summed E-state index contributed by atoms with van der Waals surface area (Å²) in [6, 6.07) is 7.90. The number of nitrogens with zero attached hydrogens (tertiary/aromatic N) is 2. The molecule has 5 nitrogen and oxygen atoms in total. The molecule has 0 atom stereocenters. The maximum absolute atomic E-state index is 12.0. The maximum Gasteiger partial charge on any atom is 0.217 e. The molecule has 5 heteroatoms. The van der Waals surface area contributed by atoms with Crippen molar-refractivity contribution >= 4 is 16.7 Å². The highest BCUT2D eigenvalue weighted by Gasteiger charge is 2.20. The van der Waals surface area contributed by atoms with Crippen LogP contribution in [-0.2, 0) is 27.2 Å². The van der Waals surface area contributed by atoms with Gasteiger partial charge in [0.05, 0.1) is 17.6 Å². The number of aryl methyl sites for hydroxylation is 1.